The van der Waals surface area contributed by atoms with Crippen LogP contribution in [-0.4, -0.2) is 42.9 Å². The van der Waals surface area contributed by atoms with Crippen molar-refractivity contribution in [2.24, 2.45) is 0 Å². The molecule has 9 heteroatoms. The zero-order chi connectivity index (χ0) is 21.7. The lowest BCUT2D eigenvalue weighted by Crippen LogP contribution is -2.40. The number of carbonyl (C=O) groups is 4. The highest BCUT2D eigenvalue weighted by Gasteiger charge is 2.35. The quantitative estimate of drug-likeness (QED) is 0.398. The Labute approximate surface area is 174 Å². The molecule has 156 valence electrons. The van der Waals surface area contributed by atoms with Crippen LogP contribution in [0.5, 0.6) is 0 Å². The number of nitrogens with zero attached hydrogens (tertiary/aromatic N) is 1. The molecule has 1 aliphatic rings. The number of imide groups is 1. The molecule has 1 heterocycles. The number of hydrogen-bond acceptors (Lipinski definition) is 6. The van der Waals surface area contributed by atoms with Crippen LogP contribution < -0.4 is 15.5 Å². The smallest absolute Gasteiger partial charge is 0.325 e. The lowest BCUT2D eigenvalue weighted by Gasteiger charge is -2.19. The molecule has 8 nitrogen and oxygen atoms in total. The molecular weight excluding hydrogens is 398 g/mol. The predicted molar refractivity (Wildman–Crippen MR) is 110 cm³/mol. The SMILES string of the molecule is CCOC(=O)CNC(=O)C(C)Nc1cc(N2C(=O)CC(=C(C)C)C2=O)ccc1Cl. The van der Waals surface area contributed by atoms with Crippen molar-refractivity contribution in [1.82, 2.24) is 5.32 Å². The number of carbonyl (C=O) groups excluding carboxylic acids is 4. The van der Waals surface area contributed by atoms with Crippen LogP contribution in [0.4, 0.5) is 11.4 Å². The van der Waals surface area contributed by atoms with E-state index in [0.717, 1.165) is 10.5 Å². The molecule has 29 heavy (non-hydrogen) atoms. The Kier molecular flexibility index (Phi) is 7.39. The van der Waals surface area contributed by atoms with E-state index < -0.39 is 17.9 Å². The molecule has 0 spiro atoms. The van der Waals surface area contributed by atoms with Gasteiger partial charge in [-0.3, -0.25) is 19.2 Å². The van der Waals surface area contributed by atoms with Crippen molar-refractivity contribution in [3.63, 3.8) is 0 Å². The van der Waals surface area contributed by atoms with E-state index >= 15 is 0 Å². The number of benzene rings is 1. The van der Waals surface area contributed by atoms with Crippen molar-refractivity contribution in [3.8, 4) is 0 Å². The van der Waals surface area contributed by atoms with Gasteiger partial charge in [-0.15, -0.1) is 0 Å². The lowest BCUT2D eigenvalue weighted by molar-refractivity contribution is -0.143. The van der Waals surface area contributed by atoms with Crippen LogP contribution in [0.2, 0.25) is 5.02 Å². The molecule has 2 rings (SSSR count). The van der Waals surface area contributed by atoms with Crippen LogP contribution in [0.3, 0.4) is 0 Å². The lowest BCUT2D eigenvalue weighted by atomic mass is 10.1. The maximum absolute atomic E-state index is 12.6. The van der Waals surface area contributed by atoms with E-state index in [1.54, 1.807) is 45.9 Å². The van der Waals surface area contributed by atoms with Gasteiger partial charge in [0.2, 0.25) is 11.8 Å². The standard InChI is InChI=1S/C20H24ClN3O5/c1-5-29-18(26)10-22-19(27)12(4)23-16-8-13(6-7-15(16)21)24-17(25)9-14(11(2)3)20(24)28/h6-8,12,23H,5,9-10H2,1-4H3,(H,22,27). The molecular formula is C20H24ClN3O5. The third-order valence-corrected chi connectivity index (χ3v) is 4.66. The normalized spacial score (nSPS) is 14.7. The fourth-order valence-electron chi connectivity index (χ4n) is 2.79. The van der Waals surface area contributed by atoms with Gasteiger partial charge in [0.15, 0.2) is 0 Å². The molecule has 1 fully saturated rings. The summed E-state index contributed by atoms with van der Waals surface area (Å²) in [6.45, 7) is 6.83. The van der Waals surface area contributed by atoms with Crippen LogP contribution in [0, 0.1) is 0 Å². The van der Waals surface area contributed by atoms with Crippen molar-refractivity contribution in [1.29, 1.82) is 0 Å². The highest BCUT2D eigenvalue weighted by Crippen LogP contribution is 2.33. The van der Waals surface area contributed by atoms with E-state index in [1.165, 1.54) is 0 Å². The van der Waals surface area contributed by atoms with Crippen molar-refractivity contribution in [2.45, 2.75) is 40.2 Å². The molecule has 1 aliphatic heterocycles. The number of amides is 3. The van der Waals surface area contributed by atoms with Crippen LogP contribution in [-0.2, 0) is 23.9 Å². The van der Waals surface area contributed by atoms with Gasteiger partial charge in [0.1, 0.15) is 12.6 Å². The average Bonchev–Trinajstić information content (AvgIpc) is 2.96. The maximum atomic E-state index is 12.6. The first-order valence-corrected chi connectivity index (χ1v) is 9.56. The summed E-state index contributed by atoms with van der Waals surface area (Å²) >= 11 is 6.21. The summed E-state index contributed by atoms with van der Waals surface area (Å²) in [4.78, 5) is 49.6. The summed E-state index contributed by atoms with van der Waals surface area (Å²) in [5, 5.41) is 5.72. The van der Waals surface area contributed by atoms with E-state index in [2.05, 4.69) is 10.6 Å². The van der Waals surface area contributed by atoms with Gasteiger partial charge >= 0.3 is 5.97 Å². The zero-order valence-corrected chi connectivity index (χ0v) is 17.6. The summed E-state index contributed by atoms with van der Waals surface area (Å²) < 4.78 is 4.76. The summed E-state index contributed by atoms with van der Waals surface area (Å²) in [6, 6.07) is 3.93. The molecule has 1 saturated heterocycles. The van der Waals surface area contributed by atoms with Crippen molar-refractivity contribution < 1.29 is 23.9 Å². The summed E-state index contributed by atoms with van der Waals surface area (Å²) in [7, 11) is 0. The Morgan fingerprint density at radius 2 is 1.97 bits per heavy atom. The molecule has 0 saturated carbocycles. The highest BCUT2D eigenvalue weighted by molar-refractivity contribution is 6.34. The minimum atomic E-state index is -0.726. The predicted octanol–water partition coefficient (Wildman–Crippen LogP) is 2.42. The van der Waals surface area contributed by atoms with Crippen molar-refractivity contribution in [2.75, 3.05) is 23.4 Å². The topological polar surface area (TPSA) is 105 Å². The van der Waals surface area contributed by atoms with E-state index in [0.29, 0.717) is 22.0 Å². The molecule has 0 bridgehead atoms. The van der Waals surface area contributed by atoms with Crippen LogP contribution >= 0.6 is 11.6 Å². The van der Waals surface area contributed by atoms with Gasteiger partial charge in [-0.05, 0) is 45.9 Å². The van der Waals surface area contributed by atoms with E-state index in [4.69, 9.17) is 16.3 Å². The minimum Gasteiger partial charge on any atom is -0.465 e. The molecule has 1 unspecified atom stereocenters. The van der Waals surface area contributed by atoms with Gasteiger partial charge in [0.05, 0.1) is 29.4 Å². The van der Waals surface area contributed by atoms with Crippen molar-refractivity contribution >= 4 is 46.7 Å². The summed E-state index contributed by atoms with van der Waals surface area (Å²) in [6.07, 6.45) is 0.0548. The average molecular weight is 422 g/mol. The van der Waals surface area contributed by atoms with Gasteiger partial charge in [-0.2, -0.15) is 0 Å². The second kappa shape index (κ2) is 9.56. The molecule has 1 aromatic rings. The maximum Gasteiger partial charge on any atom is 0.325 e. The minimum absolute atomic E-state index is 0.0548. The molecule has 0 aromatic heterocycles. The van der Waals surface area contributed by atoms with E-state index in [-0.39, 0.29) is 31.4 Å². The van der Waals surface area contributed by atoms with Crippen LogP contribution in [0.15, 0.2) is 29.3 Å². The Morgan fingerprint density at radius 1 is 1.28 bits per heavy atom. The first-order valence-electron chi connectivity index (χ1n) is 9.18. The number of hydrogen-bond donors (Lipinski definition) is 2. The van der Waals surface area contributed by atoms with Gasteiger partial charge < -0.3 is 15.4 Å². The second-order valence-electron chi connectivity index (χ2n) is 6.74. The molecule has 2 N–H and O–H groups in total. The van der Waals surface area contributed by atoms with Gasteiger partial charge in [-0.25, -0.2) is 4.90 Å². The molecule has 1 atom stereocenters. The van der Waals surface area contributed by atoms with E-state index in [1.807, 2.05) is 0 Å². The Balaban J connectivity index is 2.14. The number of allylic oxidation sites excluding steroid dienone is 1. The Morgan fingerprint density at radius 3 is 2.55 bits per heavy atom. The number of rotatable bonds is 7. The number of esters is 1. The fourth-order valence-corrected chi connectivity index (χ4v) is 2.96. The van der Waals surface area contributed by atoms with Gasteiger partial charge in [0.25, 0.3) is 5.91 Å². The molecule has 1 aromatic carbocycles. The summed E-state index contributed by atoms with van der Waals surface area (Å²) in [5.41, 5.74) is 2.02. The van der Waals surface area contributed by atoms with Crippen LogP contribution in [0.25, 0.3) is 0 Å². The molecule has 3 amide bonds. The monoisotopic (exact) mass is 421 g/mol. The fraction of sp³-hybridized carbons (Fsp3) is 0.400. The highest BCUT2D eigenvalue weighted by atomic mass is 35.5. The van der Waals surface area contributed by atoms with Gasteiger partial charge in [0, 0.05) is 5.57 Å². The van der Waals surface area contributed by atoms with Crippen LogP contribution in [0.1, 0.15) is 34.1 Å². The number of nitrogens with one attached hydrogen (secondary N) is 2. The third-order valence-electron chi connectivity index (χ3n) is 4.33. The number of ether oxygens (including phenoxy) is 1. The first kappa shape index (κ1) is 22.4. The third kappa shape index (κ3) is 5.35. The van der Waals surface area contributed by atoms with Gasteiger partial charge in [-0.1, -0.05) is 17.2 Å². The van der Waals surface area contributed by atoms with Crippen molar-refractivity contribution in [3.05, 3.63) is 34.4 Å². The van der Waals surface area contributed by atoms with E-state index in [9.17, 15) is 19.2 Å². The largest absolute Gasteiger partial charge is 0.465 e. The Bertz CT molecular complexity index is 877. The Hall–Kier alpha value is -2.87. The molecule has 0 aliphatic carbocycles. The zero-order valence-electron chi connectivity index (χ0n) is 16.8. The molecule has 0 radical (unpaired) electrons. The summed E-state index contributed by atoms with van der Waals surface area (Å²) in [5.74, 6) is -1.64. The second-order valence-corrected chi connectivity index (χ2v) is 7.15. The number of anilines is 2. The first-order chi connectivity index (χ1) is 13.6. The number of halogens is 1.